The van der Waals surface area contributed by atoms with Gasteiger partial charge in [-0.05, 0) is 50.6 Å². The molecule has 0 aromatic heterocycles. The molecular weight excluding hydrogens is 134 g/mol. The summed E-state index contributed by atoms with van der Waals surface area (Å²) in [6, 6.07) is 0. The first-order valence-electron chi connectivity index (χ1n) is 4.87. The van der Waals surface area contributed by atoms with Crippen molar-refractivity contribution in [1.29, 1.82) is 0 Å². The van der Waals surface area contributed by atoms with Crippen molar-refractivity contribution in [3.8, 4) is 0 Å². The molecule has 0 heterocycles. The van der Waals surface area contributed by atoms with Gasteiger partial charge in [-0.2, -0.15) is 0 Å². The molecule has 0 aromatic rings. The SMILES string of the molecule is CNCC1CC(C)CC(C)C1. The molecule has 0 amide bonds. The molecule has 1 N–H and O–H groups in total. The minimum absolute atomic E-state index is 0.943. The summed E-state index contributed by atoms with van der Waals surface area (Å²) in [5.74, 6) is 2.85. The fourth-order valence-electron chi connectivity index (χ4n) is 2.57. The van der Waals surface area contributed by atoms with Crippen LogP contribution in [0.25, 0.3) is 0 Å². The summed E-state index contributed by atoms with van der Waals surface area (Å²) in [4.78, 5) is 0. The molecule has 0 radical (unpaired) electrons. The van der Waals surface area contributed by atoms with Gasteiger partial charge in [0.1, 0.15) is 0 Å². The quantitative estimate of drug-likeness (QED) is 0.645. The van der Waals surface area contributed by atoms with Gasteiger partial charge in [0, 0.05) is 0 Å². The third-order valence-electron chi connectivity index (χ3n) is 2.77. The molecule has 1 aliphatic rings. The van der Waals surface area contributed by atoms with Crippen molar-refractivity contribution in [1.82, 2.24) is 5.32 Å². The van der Waals surface area contributed by atoms with Crippen LogP contribution in [0.1, 0.15) is 33.1 Å². The predicted molar refractivity (Wildman–Crippen MR) is 49.6 cm³/mol. The fraction of sp³-hybridized carbons (Fsp3) is 1.00. The van der Waals surface area contributed by atoms with Crippen molar-refractivity contribution in [3.05, 3.63) is 0 Å². The van der Waals surface area contributed by atoms with Crippen molar-refractivity contribution in [2.24, 2.45) is 17.8 Å². The molecule has 1 fully saturated rings. The average molecular weight is 155 g/mol. The van der Waals surface area contributed by atoms with Crippen molar-refractivity contribution >= 4 is 0 Å². The second-order valence-corrected chi connectivity index (χ2v) is 4.34. The fourth-order valence-corrected chi connectivity index (χ4v) is 2.57. The Morgan fingerprint density at radius 1 is 1.09 bits per heavy atom. The monoisotopic (exact) mass is 155 g/mol. The molecule has 0 aromatic carbocycles. The Kier molecular flexibility index (Phi) is 3.38. The van der Waals surface area contributed by atoms with E-state index in [0.29, 0.717) is 0 Å². The van der Waals surface area contributed by atoms with Crippen LogP contribution >= 0.6 is 0 Å². The van der Waals surface area contributed by atoms with Gasteiger partial charge in [0.25, 0.3) is 0 Å². The van der Waals surface area contributed by atoms with E-state index in [9.17, 15) is 0 Å². The lowest BCUT2D eigenvalue weighted by atomic mass is 9.77. The third-order valence-corrected chi connectivity index (χ3v) is 2.77. The van der Waals surface area contributed by atoms with Gasteiger partial charge in [-0.25, -0.2) is 0 Å². The van der Waals surface area contributed by atoms with Crippen molar-refractivity contribution in [2.75, 3.05) is 13.6 Å². The van der Waals surface area contributed by atoms with Crippen LogP contribution in [-0.2, 0) is 0 Å². The molecule has 1 aliphatic carbocycles. The van der Waals surface area contributed by atoms with Gasteiger partial charge in [-0.1, -0.05) is 13.8 Å². The summed E-state index contributed by atoms with van der Waals surface area (Å²) >= 11 is 0. The molecule has 1 heteroatoms. The minimum atomic E-state index is 0.943. The first-order chi connectivity index (χ1) is 5.22. The summed E-state index contributed by atoms with van der Waals surface area (Å²) < 4.78 is 0. The Balaban J connectivity index is 2.30. The topological polar surface area (TPSA) is 12.0 Å². The van der Waals surface area contributed by atoms with E-state index in [1.54, 1.807) is 0 Å². The van der Waals surface area contributed by atoms with Crippen LogP contribution in [0, 0.1) is 17.8 Å². The van der Waals surface area contributed by atoms with Crippen LogP contribution in [0.3, 0.4) is 0 Å². The van der Waals surface area contributed by atoms with Crippen LogP contribution in [0.15, 0.2) is 0 Å². The smallest absolute Gasteiger partial charge is 0.00233 e. The van der Waals surface area contributed by atoms with E-state index < -0.39 is 0 Å². The maximum atomic E-state index is 3.28. The van der Waals surface area contributed by atoms with E-state index in [-0.39, 0.29) is 0 Å². The highest BCUT2D eigenvalue weighted by Crippen LogP contribution is 2.32. The molecule has 11 heavy (non-hydrogen) atoms. The molecule has 0 saturated heterocycles. The number of rotatable bonds is 2. The van der Waals surface area contributed by atoms with Gasteiger partial charge in [0.05, 0.1) is 0 Å². The molecule has 0 spiro atoms. The van der Waals surface area contributed by atoms with Crippen LogP contribution in [0.5, 0.6) is 0 Å². The van der Waals surface area contributed by atoms with Gasteiger partial charge in [0.15, 0.2) is 0 Å². The molecule has 0 aliphatic heterocycles. The largest absolute Gasteiger partial charge is 0.319 e. The third kappa shape index (κ3) is 2.82. The van der Waals surface area contributed by atoms with E-state index in [0.717, 1.165) is 17.8 Å². The molecule has 1 saturated carbocycles. The van der Waals surface area contributed by atoms with Crippen LogP contribution in [0.2, 0.25) is 0 Å². The highest BCUT2D eigenvalue weighted by molar-refractivity contribution is 4.75. The zero-order valence-electron chi connectivity index (χ0n) is 8.06. The standard InChI is InChI=1S/C10H21N/c1-8-4-9(2)6-10(5-8)7-11-3/h8-11H,4-7H2,1-3H3. The molecule has 66 valence electrons. The minimum Gasteiger partial charge on any atom is -0.319 e. The number of hydrogen-bond donors (Lipinski definition) is 1. The Labute approximate surface area is 70.6 Å². The second-order valence-electron chi connectivity index (χ2n) is 4.34. The zero-order chi connectivity index (χ0) is 8.27. The highest BCUT2D eigenvalue weighted by Gasteiger charge is 2.22. The summed E-state index contributed by atoms with van der Waals surface area (Å²) in [6.45, 7) is 5.99. The van der Waals surface area contributed by atoms with Crippen LogP contribution in [-0.4, -0.2) is 13.6 Å². The number of nitrogens with one attached hydrogen (secondary N) is 1. The molecule has 0 bridgehead atoms. The van der Waals surface area contributed by atoms with E-state index in [1.807, 2.05) is 0 Å². The van der Waals surface area contributed by atoms with Gasteiger partial charge < -0.3 is 5.32 Å². The van der Waals surface area contributed by atoms with Crippen LogP contribution < -0.4 is 5.32 Å². The summed E-state index contributed by atoms with van der Waals surface area (Å²) in [7, 11) is 2.06. The average Bonchev–Trinajstić information content (AvgIpc) is 1.85. The van der Waals surface area contributed by atoms with Crippen molar-refractivity contribution < 1.29 is 0 Å². The summed E-state index contributed by atoms with van der Waals surface area (Å²) in [6.07, 6.45) is 4.32. The maximum absolute atomic E-state index is 3.28. The maximum Gasteiger partial charge on any atom is -0.00233 e. The molecule has 2 unspecified atom stereocenters. The Hall–Kier alpha value is -0.0400. The van der Waals surface area contributed by atoms with Gasteiger partial charge in [-0.3, -0.25) is 0 Å². The van der Waals surface area contributed by atoms with E-state index in [1.165, 1.54) is 25.8 Å². The summed E-state index contributed by atoms with van der Waals surface area (Å²) in [5, 5.41) is 3.28. The number of hydrogen-bond acceptors (Lipinski definition) is 1. The van der Waals surface area contributed by atoms with E-state index in [2.05, 4.69) is 26.2 Å². The molecular formula is C10H21N. The Morgan fingerprint density at radius 2 is 1.64 bits per heavy atom. The molecule has 1 nitrogen and oxygen atoms in total. The first kappa shape index (κ1) is 9.05. The molecule has 1 rings (SSSR count). The van der Waals surface area contributed by atoms with Gasteiger partial charge in [0.2, 0.25) is 0 Å². The molecule has 2 atom stereocenters. The zero-order valence-corrected chi connectivity index (χ0v) is 8.06. The Bertz CT molecular complexity index is 101. The lowest BCUT2D eigenvalue weighted by molar-refractivity contribution is 0.217. The van der Waals surface area contributed by atoms with Crippen molar-refractivity contribution in [2.45, 2.75) is 33.1 Å². The predicted octanol–water partition coefficient (Wildman–Crippen LogP) is 2.28. The highest BCUT2D eigenvalue weighted by atomic mass is 14.8. The lowest BCUT2D eigenvalue weighted by Crippen LogP contribution is -2.27. The van der Waals surface area contributed by atoms with Crippen LogP contribution in [0.4, 0.5) is 0 Å². The van der Waals surface area contributed by atoms with Crippen molar-refractivity contribution in [3.63, 3.8) is 0 Å². The lowest BCUT2D eigenvalue weighted by Gasteiger charge is -2.31. The van der Waals surface area contributed by atoms with E-state index in [4.69, 9.17) is 0 Å². The Morgan fingerprint density at radius 3 is 2.09 bits per heavy atom. The van der Waals surface area contributed by atoms with E-state index >= 15 is 0 Å². The summed E-state index contributed by atoms with van der Waals surface area (Å²) in [5.41, 5.74) is 0. The second kappa shape index (κ2) is 4.10. The first-order valence-corrected chi connectivity index (χ1v) is 4.87. The van der Waals surface area contributed by atoms with Gasteiger partial charge >= 0.3 is 0 Å². The van der Waals surface area contributed by atoms with Gasteiger partial charge in [-0.15, -0.1) is 0 Å². The normalized spacial score (nSPS) is 39.0.